The van der Waals surface area contributed by atoms with Gasteiger partial charge < -0.3 is 10.2 Å². The molecular weight excluding hydrogens is 447 g/mol. The van der Waals surface area contributed by atoms with E-state index in [4.69, 9.17) is 0 Å². The topological polar surface area (TPSA) is 83.9 Å². The van der Waals surface area contributed by atoms with Crippen molar-refractivity contribution in [2.24, 2.45) is 0 Å². The zero-order valence-electron chi connectivity index (χ0n) is 16.9. The van der Waals surface area contributed by atoms with Crippen LogP contribution < -0.4 is 5.32 Å². The van der Waals surface area contributed by atoms with Crippen LogP contribution in [-0.4, -0.2) is 55.8 Å². The smallest absolute Gasteiger partial charge is 0.352 e. The van der Waals surface area contributed by atoms with Crippen molar-refractivity contribution in [3.8, 4) is 11.4 Å². The number of carbonyl (C=O) groups is 1. The number of carbonyl (C=O) groups excluding carboxylic acids is 1. The highest BCUT2D eigenvalue weighted by molar-refractivity contribution is 6.00. The molecule has 0 aliphatic carbocycles. The van der Waals surface area contributed by atoms with Gasteiger partial charge >= 0.3 is 6.18 Å². The van der Waals surface area contributed by atoms with Gasteiger partial charge in [0.1, 0.15) is 6.04 Å². The lowest BCUT2D eigenvalue weighted by atomic mass is 10.0. The molecule has 1 amide bonds. The minimum atomic E-state index is -4.61. The van der Waals surface area contributed by atoms with Crippen molar-refractivity contribution in [3.63, 3.8) is 0 Å². The van der Waals surface area contributed by atoms with Gasteiger partial charge in [-0.05, 0) is 12.1 Å². The van der Waals surface area contributed by atoms with Crippen molar-refractivity contribution in [1.29, 1.82) is 0 Å². The lowest BCUT2D eigenvalue weighted by molar-refractivity contribution is -0.138. The fourth-order valence-electron chi connectivity index (χ4n) is 3.53. The molecule has 12 heteroatoms. The summed E-state index contributed by atoms with van der Waals surface area (Å²) >= 11 is 0. The van der Waals surface area contributed by atoms with E-state index in [2.05, 4.69) is 25.3 Å². The van der Waals surface area contributed by atoms with E-state index >= 15 is 0 Å². The molecule has 4 rings (SSSR count). The van der Waals surface area contributed by atoms with Crippen molar-refractivity contribution in [2.45, 2.75) is 24.6 Å². The highest BCUT2D eigenvalue weighted by Gasteiger charge is 2.50. The van der Waals surface area contributed by atoms with Crippen LogP contribution in [0.15, 0.2) is 55.1 Å². The van der Waals surface area contributed by atoms with Gasteiger partial charge in [-0.3, -0.25) is 4.79 Å². The molecule has 1 N–H and O–H groups in total. The minimum absolute atomic E-state index is 0.164. The molecule has 0 unspecified atom stereocenters. The summed E-state index contributed by atoms with van der Waals surface area (Å²) in [4.78, 5) is 29.6. The Labute approximate surface area is 184 Å². The Bertz CT molecular complexity index is 1120. The maximum atomic E-state index is 14.6. The summed E-state index contributed by atoms with van der Waals surface area (Å²) in [7, 11) is 0. The number of amides is 1. The molecule has 0 spiro atoms. The third-order valence-electron chi connectivity index (χ3n) is 5.21. The van der Waals surface area contributed by atoms with Gasteiger partial charge in [0.2, 0.25) is 5.95 Å². The molecule has 0 radical (unpaired) electrons. The number of nitrogens with one attached hydrogen (secondary N) is 1. The predicted octanol–water partition coefficient (Wildman–Crippen LogP) is 3.91. The Morgan fingerprint density at radius 2 is 1.73 bits per heavy atom. The van der Waals surface area contributed by atoms with Gasteiger partial charge in [-0.25, -0.2) is 28.7 Å². The van der Waals surface area contributed by atoms with Crippen LogP contribution in [-0.2, 0) is 6.18 Å². The summed E-state index contributed by atoms with van der Waals surface area (Å²) in [6.45, 7) is -0.649. The Kier molecular flexibility index (Phi) is 5.91. The SMILES string of the molecule is O=C(c1ccccc1-c1ncccn1)N1CCC(F)(F)[C@H]1CNc1ncc(C(F)(F)F)cn1. The van der Waals surface area contributed by atoms with Crippen LogP contribution >= 0.6 is 0 Å². The average Bonchev–Trinajstić information content (AvgIpc) is 3.11. The van der Waals surface area contributed by atoms with Crippen molar-refractivity contribution in [1.82, 2.24) is 24.8 Å². The maximum absolute atomic E-state index is 14.6. The van der Waals surface area contributed by atoms with Crippen molar-refractivity contribution >= 4 is 11.9 Å². The van der Waals surface area contributed by atoms with E-state index in [-0.39, 0.29) is 23.9 Å². The Balaban J connectivity index is 1.55. The molecule has 1 aromatic carbocycles. The van der Waals surface area contributed by atoms with Crippen molar-refractivity contribution in [3.05, 3.63) is 66.2 Å². The summed E-state index contributed by atoms with van der Waals surface area (Å²) in [6.07, 6.45) is -1.05. The number of alkyl halides is 5. The molecule has 1 fully saturated rings. The van der Waals surface area contributed by atoms with Gasteiger partial charge in [-0.2, -0.15) is 13.2 Å². The number of likely N-dealkylation sites (tertiary alicyclic amines) is 1. The molecule has 0 bridgehead atoms. The number of hydrogen-bond acceptors (Lipinski definition) is 6. The first-order chi connectivity index (χ1) is 15.7. The monoisotopic (exact) mass is 464 g/mol. The Morgan fingerprint density at radius 3 is 2.39 bits per heavy atom. The highest BCUT2D eigenvalue weighted by atomic mass is 19.4. The van der Waals surface area contributed by atoms with Crippen LogP contribution in [0.1, 0.15) is 22.3 Å². The van der Waals surface area contributed by atoms with Gasteiger partial charge in [0.05, 0.1) is 11.1 Å². The van der Waals surface area contributed by atoms with Crippen LogP contribution in [0.25, 0.3) is 11.4 Å². The summed E-state index contributed by atoms with van der Waals surface area (Å²) < 4.78 is 67.2. The van der Waals surface area contributed by atoms with Crippen LogP contribution in [0.5, 0.6) is 0 Å². The fourth-order valence-corrected chi connectivity index (χ4v) is 3.53. The van der Waals surface area contributed by atoms with Crippen molar-refractivity contribution < 1.29 is 26.7 Å². The van der Waals surface area contributed by atoms with Gasteiger partial charge in [0, 0.05) is 49.9 Å². The molecule has 1 aliphatic rings. The lowest BCUT2D eigenvalue weighted by Crippen LogP contribution is -2.47. The summed E-state index contributed by atoms with van der Waals surface area (Å²) in [5, 5.41) is 2.52. The number of rotatable bonds is 5. The number of aromatic nitrogens is 4. The van der Waals surface area contributed by atoms with Gasteiger partial charge in [0.15, 0.2) is 5.82 Å². The standard InChI is InChI=1S/C21H17F5N6O/c22-20(23)6-9-32(16(20)12-31-19-29-10-13(11-30-19)21(24,25)26)18(33)15-5-2-1-4-14(15)17-27-7-3-8-28-17/h1-5,7-8,10-11,16H,6,9,12H2,(H,29,30,31)/t16-/m1/s1. The second kappa shape index (κ2) is 8.68. The first-order valence-electron chi connectivity index (χ1n) is 9.85. The van der Waals surface area contributed by atoms with E-state index in [1.54, 1.807) is 24.3 Å². The molecular formula is C21H17F5N6O. The van der Waals surface area contributed by atoms with Crippen LogP contribution in [0, 0.1) is 0 Å². The molecule has 1 atom stereocenters. The van der Waals surface area contributed by atoms with Crippen molar-refractivity contribution in [2.75, 3.05) is 18.4 Å². The zero-order chi connectivity index (χ0) is 23.6. The second-order valence-corrected chi connectivity index (χ2v) is 7.32. The molecule has 33 heavy (non-hydrogen) atoms. The number of hydrogen-bond donors (Lipinski definition) is 1. The highest BCUT2D eigenvalue weighted by Crippen LogP contribution is 2.36. The van der Waals surface area contributed by atoms with Crippen LogP contribution in [0.4, 0.5) is 27.9 Å². The fraction of sp³-hybridized carbons (Fsp3) is 0.286. The second-order valence-electron chi connectivity index (χ2n) is 7.32. The summed E-state index contributed by atoms with van der Waals surface area (Å²) in [6, 6.07) is 6.48. The largest absolute Gasteiger partial charge is 0.419 e. The quantitative estimate of drug-likeness (QED) is 0.577. The number of anilines is 1. The zero-order valence-corrected chi connectivity index (χ0v) is 16.9. The van der Waals surface area contributed by atoms with E-state index in [1.165, 1.54) is 18.5 Å². The number of halogens is 5. The first-order valence-corrected chi connectivity index (χ1v) is 9.85. The predicted molar refractivity (Wildman–Crippen MR) is 107 cm³/mol. The third kappa shape index (κ3) is 4.73. The normalized spacial score (nSPS) is 17.7. The van der Waals surface area contributed by atoms with E-state index in [0.29, 0.717) is 18.0 Å². The Morgan fingerprint density at radius 1 is 1.06 bits per heavy atom. The maximum Gasteiger partial charge on any atom is 0.419 e. The minimum Gasteiger partial charge on any atom is -0.352 e. The van der Waals surface area contributed by atoms with Crippen LogP contribution in [0.3, 0.4) is 0 Å². The van der Waals surface area contributed by atoms with Gasteiger partial charge in [-0.1, -0.05) is 18.2 Å². The molecule has 7 nitrogen and oxygen atoms in total. The number of benzene rings is 1. The average molecular weight is 464 g/mol. The number of nitrogens with zero attached hydrogens (tertiary/aromatic N) is 5. The van der Waals surface area contributed by atoms with E-state index in [9.17, 15) is 26.7 Å². The molecule has 3 heterocycles. The van der Waals surface area contributed by atoms with E-state index in [0.717, 1.165) is 4.90 Å². The molecule has 2 aromatic heterocycles. The molecule has 3 aromatic rings. The third-order valence-corrected chi connectivity index (χ3v) is 5.21. The molecule has 1 aliphatic heterocycles. The molecule has 0 saturated carbocycles. The molecule has 1 saturated heterocycles. The van der Waals surface area contributed by atoms with Gasteiger partial charge in [0.25, 0.3) is 11.8 Å². The summed E-state index contributed by atoms with van der Waals surface area (Å²) in [5.74, 6) is -3.82. The Hall–Kier alpha value is -3.70. The summed E-state index contributed by atoms with van der Waals surface area (Å²) in [5.41, 5.74) is -0.496. The first kappa shape index (κ1) is 22.5. The van der Waals surface area contributed by atoms with E-state index in [1.807, 2.05) is 0 Å². The van der Waals surface area contributed by atoms with Crippen LogP contribution in [0.2, 0.25) is 0 Å². The van der Waals surface area contributed by atoms with Gasteiger partial charge in [-0.15, -0.1) is 0 Å². The lowest BCUT2D eigenvalue weighted by Gasteiger charge is -2.28. The molecule has 172 valence electrons. The van der Waals surface area contributed by atoms with E-state index < -0.39 is 42.6 Å².